The molecule has 172 valence electrons. The summed E-state index contributed by atoms with van der Waals surface area (Å²) in [7, 11) is 1.33. The van der Waals surface area contributed by atoms with Crippen molar-refractivity contribution in [2.75, 3.05) is 44.8 Å². The van der Waals surface area contributed by atoms with Gasteiger partial charge in [0.05, 0.1) is 19.1 Å². The molecular formula is C22H22F4N2O4. The fourth-order valence-electron chi connectivity index (χ4n) is 3.36. The van der Waals surface area contributed by atoms with Gasteiger partial charge in [-0.15, -0.1) is 0 Å². The number of carbonyl (C=O) groups is 2. The molecule has 3 rings (SSSR count). The standard InChI is InChI=1S/C22H22F4N2O4/c1-31-19-6-5-15(11-18(19)23)12-21(30)32-14-20(29)28-9-7-27(8-10-28)17-4-2-3-16(13-17)22(24,25)26/h2-6,11,13H,7-10,12,14H2,1H3. The maximum absolute atomic E-state index is 13.7. The predicted molar refractivity (Wildman–Crippen MR) is 108 cm³/mol. The van der Waals surface area contributed by atoms with E-state index >= 15 is 0 Å². The molecule has 0 unspecified atom stereocenters. The minimum atomic E-state index is -4.42. The molecule has 1 aliphatic heterocycles. The zero-order chi connectivity index (χ0) is 23.3. The van der Waals surface area contributed by atoms with E-state index in [0.29, 0.717) is 24.3 Å². The topological polar surface area (TPSA) is 59.1 Å². The van der Waals surface area contributed by atoms with Crippen molar-refractivity contribution in [1.29, 1.82) is 0 Å². The first-order valence-corrected chi connectivity index (χ1v) is 9.85. The van der Waals surface area contributed by atoms with E-state index < -0.39 is 36.0 Å². The van der Waals surface area contributed by atoms with Gasteiger partial charge in [-0.05, 0) is 35.9 Å². The summed E-state index contributed by atoms with van der Waals surface area (Å²) < 4.78 is 62.2. The van der Waals surface area contributed by atoms with Crippen LogP contribution in [-0.4, -0.2) is 56.7 Å². The van der Waals surface area contributed by atoms with Gasteiger partial charge >= 0.3 is 12.1 Å². The molecular weight excluding hydrogens is 432 g/mol. The molecule has 0 aromatic heterocycles. The maximum atomic E-state index is 13.7. The van der Waals surface area contributed by atoms with Crippen molar-refractivity contribution < 1.29 is 36.6 Å². The fraction of sp³-hybridized carbons (Fsp3) is 0.364. The summed E-state index contributed by atoms with van der Waals surface area (Å²) in [5.74, 6) is -1.62. The average Bonchev–Trinajstić information content (AvgIpc) is 2.77. The van der Waals surface area contributed by atoms with Crippen molar-refractivity contribution in [3.63, 3.8) is 0 Å². The Morgan fingerprint density at radius 3 is 2.38 bits per heavy atom. The highest BCUT2D eigenvalue weighted by Gasteiger charge is 2.31. The maximum Gasteiger partial charge on any atom is 0.416 e. The second-order valence-corrected chi connectivity index (χ2v) is 7.22. The molecule has 1 saturated heterocycles. The molecule has 1 amide bonds. The molecule has 2 aromatic carbocycles. The van der Waals surface area contributed by atoms with Crippen LogP contribution >= 0.6 is 0 Å². The molecule has 0 saturated carbocycles. The van der Waals surface area contributed by atoms with Crippen LogP contribution in [0.25, 0.3) is 0 Å². The Hall–Kier alpha value is -3.30. The Kier molecular flexibility index (Phi) is 7.22. The Morgan fingerprint density at radius 2 is 1.75 bits per heavy atom. The lowest BCUT2D eigenvalue weighted by Gasteiger charge is -2.36. The third-order valence-corrected chi connectivity index (χ3v) is 5.09. The molecule has 1 fully saturated rings. The third kappa shape index (κ3) is 5.89. The van der Waals surface area contributed by atoms with Gasteiger partial charge in [-0.3, -0.25) is 9.59 Å². The number of ether oxygens (including phenoxy) is 2. The summed E-state index contributed by atoms with van der Waals surface area (Å²) in [6.07, 6.45) is -4.62. The van der Waals surface area contributed by atoms with Gasteiger partial charge in [0.25, 0.3) is 5.91 Å². The number of hydrogen-bond donors (Lipinski definition) is 0. The third-order valence-electron chi connectivity index (χ3n) is 5.09. The van der Waals surface area contributed by atoms with E-state index in [9.17, 15) is 27.2 Å². The molecule has 0 spiro atoms. The van der Waals surface area contributed by atoms with Crippen molar-refractivity contribution in [2.45, 2.75) is 12.6 Å². The van der Waals surface area contributed by atoms with Gasteiger partial charge in [-0.25, -0.2) is 4.39 Å². The molecule has 1 heterocycles. The summed E-state index contributed by atoms with van der Waals surface area (Å²) in [5, 5.41) is 0. The Morgan fingerprint density at radius 1 is 1.03 bits per heavy atom. The number of nitrogens with zero attached hydrogens (tertiary/aromatic N) is 2. The van der Waals surface area contributed by atoms with Crippen LogP contribution < -0.4 is 9.64 Å². The number of alkyl halides is 3. The average molecular weight is 454 g/mol. The van der Waals surface area contributed by atoms with E-state index in [4.69, 9.17) is 9.47 Å². The zero-order valence-electron chi connectivity index (χ0n) is 17.3. The van der Waals surface area contributed by atoms with E-state index in [1.807, 2.05) is 0 Å². The minimum Gasteiger partial charge on any atom is -0.494 e. The van der Waals surface area contributed by atoms with Crippen molar-refractivity contribution in [1.82, 2.24) is 4.90 Å². The highest BCUT2D eigenvalue weighted by atomic mass is 19.4. The molecule has 32 heavy (non-hydrogen) atoms. The Bertz CT molecular complexity index is 973. The molecule has 6 nitrogen and oxygen atoms in total. The van der Waals surface area contributed by atoms with E-state index in [2.05, 4.69) is 0 Å². The molecule has 1 aliphatic rings. The number of benzene rings is 2. The molecule has 0 radical (unpaired) electrons. The van der Waals surface area contributed by atoms with Crippen LogP contribution in [-0.2, 0) is 26.9 Å². The van der Waals surface area contributed by atoms with E-state index in [0.717, 1.165) is 18.2 Å². The van der Waals surface area contributed by atoms with Crippen molar-refractivity contribution in [2.24, 2.45) is 0 Å². The molecule has 0 bridgehead atoms. The zero-order valence-corrected chi connectivity index (χ0v) is 17.3. The van der Waals surface area contributed by atoms with Gasteiger partial charge in [-0.1, -0.05) is 12.1 Å². The van der Waals surface area contributed by atoms with Crippen LogP contribution in [0.5, 0.6) is 5.75 Å². The SMILES string of the molecule is COc1ccc(CC(=O)OCC(=O)N2CCN(c3cccc(C(F)(F)F)c3)CC2)cc1F. The highest BCUT2D eigenvalue weighted by Crippen LogP contribution is 2.31. The summed E-state index contributed by atoms with van der Waals surface area (Å²) in [5.41, 5.74) is 0.0951. The van der Waals surface area contributed by atoms with Gasteiger partial charge in [0.1, 0.15) is 0 Å². The first-order valence-electron chi connectivity index (χ1n) is 9.85. The summed E-state index contributed by atoms with van der Waals surface area (Å²) in [6.45, 7) is 0.825. The van der Waals surface area contributed by atoms with Crippen LogP contribution in [0.15, 0.2) is 42.5 Å². The first-order chi connectivity index (χ1) is 15.2. The number of halogens is 4. The predicted octanol–water partition coefficient (Wildman–Crippen LogP) is 3.29. The quantitative estimate of drug-likeness (QED) is 0.495. The lowest BCUT2D eigenvalue weighted by Crippen LogP contribution is -2.50. The number of rotatable bonds is 6. The lowest BCUT2D eigenvalue weighted by molar-refractivity contribution is -0.151. The van der Waals surface area contributed by atoms with Crippen LogP contribution in [0.1, 0.15) is 11.1 Å². The number of hydrogen-bond acceptors (Lipinski definition) is 5. The van der Waals surface area contributed by atoms with Crippen molar-refractivity contribution in [3.05, 3.63) is 59.4 Å². The minimum absolute atomic E-state index is 0.0570. The van der Waals surface area contributed by atoms with Gasteiger partial charge in [0.15, 0.2) is 18.2 Å². The molecule has 0 N–H and O–H groups in total. The second-order valence-electron chi connectivity index (χ2n) is 7.22. The normalized spacial score (nSPS) is 14.3. The molecule has 10 heteroatoms. The number of methoxy groups -OCH3 is 1. The van der Waals surface area contributed by atoms with Gasteiger partial charge in [-0.2, -0.15) is 13.2 Å². The largest absolute Gasteiger partial charge is 0.494 e. The first kappa shape index (κ1) is 23.4. The van der Waals surface area contributed by atoms with Gasteiger partial charge in [0.2, 0.25) is 0 Å². The molecule has 2 aromatic rings. The van der Waals surface area contributed by atoms with Crippen molar-refractivity contribution in [3.8, 4) is 5.75 Å². The summed E-state index contributed by atoms with van der Waals surface area (Å²) >= 11 is 0. The van der Waals surface area contributed by atoms with Crippen LogP contribution in [0, 0.1) is 5.82 Å². The highest BCUT2D eigenvalue weighted by molar-refractivity contribution is 5.81. The number of esters is 1. The molecule has 0 atom stereocenters. The lowest BCUT2D eigenvalue weighted by atomic mass is 10.1. The van der Waals surface area contributed by atoms with Crippen LogP contribution in [0.4, 0.5) is 23.2 Å². The number of anilines is 1. The fourth-order valence-corrected chi connectivity index (χ4v) is 3.36. The summed E-state index contributed by atoms with van der Waals surface area (Å²) in [4.78, 5) is 27.6. The summed E-state index contributed by atoms with van der Waals surface area (Å²) in [6, 6.07) is 9.12. The number of amides is 1. The van der Waals surface area contributed by atoms with E-state index in [1.54, 1.807) is 11.0 Å². The second kappa shape index (κ2) is 9.88. The van der Waals surface area contributed by atoms with Gasteiger partial charge in [0, 0.05) is 31.9 Å². The Balaban J connectivity index is 1.46. The number of piperazine rings is 1. The van der Waals surface area contributed by atoms with Crippen LogP contribution in [0.3, 0.4) is 0 Å². The van der Waals surface area contributed by atoms with Gasteiger partial charge < -0.3 is 19.3 Å². The van der Waals surface area contributed by atoms with E-state index in [1.165, 1.54) is 30.2 Å². The number of carbonyl (C=O) groups excluding carboxylic acids is 2. The van der Waals surface area contributed by atoms with E-state index in [-0.39, 0.29) is 25.3 Å². The monoisotopic (exact) mass is 454 g/mol. The molecule has 0 aliphatic carbocycles. The van der Waals surface area contributed by atoms with Crippen molar-refractivity contribution >= 4 is 17.6 Å². The Labute approximate surface area is 182 Å². The van der Waals surface area contributed by atoms with Crippen LogP contribution in [0.2, 0.25) is 0 Å². The smallest absolute Gasteiger partial charge is 0.416 e.